The first-order valence-corrected chi connectivity index (χ1v) is 22.4. The van der Waals surface area contributed by atoms with Gasteiger partial charge in [0.2, 0.25) is 0 Å². The van der Waals surface area contributed by atoms with E-state index in [0.29, 0.717) is 25.7 Å². The Hall–Kier alpha value is -2.33. The summed E-state index contributed by atoms with van der Waals surface area (Å²) >= 11 is 0. The van der Waals surface area contributed by atoms with Crippen molar-refractivity contribution in [1.29, 1.82) is 0 Å². The molecule has 0 amide bonds. The minimum atomic E-state index is -4.41. The van der Waals surface area contributed by atoms with Gasteiger partial charge in [-0.25, -0.2) is 4.57 Å². The van der Waals surface area contributed by atoms with Crippen molar-refractivity contribution in [2.45, 2.75) is 174 Å². The van der Waals surface area contributed by atoms with E-state index < -0.39 is 38.6 Å². The third-order valence-electron chi connectivity index (χ3n) is 8.50. The van der Waals surface area contributed by atoms with E-state index in [1.807, 2.05) is 42.5 Å². The molecule has 0 aliphatic rings. The molecule has 54 heavy (non-hydrogen) atoms. The monoisotopic (exact) mass is 782 g/mol. The number of unbranched alkanes of at least 4 members (excludes halogenated alkanes) is 15. The lowest BCUT2D eigenvalue weighted by Gasteiger charge is -2.19. The molecule has 312 valence electrons. The third-order valence-corrected chi connectivity index (χ3v) is 9.48. The van der Waals surface area contributed by atoms with Gasteiger partial charge in [-0.3, -0.25) is 18.6 Å². The standard InChI is InChI=1S/C43H76NO9P/c1-3-5-7-9-11-12-13-14-15-16-17-18-22-26-30-34-42(46)50-38-41(39-52-54(48,49)51-37-36-44)53-43(47)35-31-27-23-20-19-21-25-29-33-40(45)32-28-24-10-8-6-4-2/h6,8,20-21,23-25,28-29,33,40-41,45H,3-5,7,9-19,22,26-27,30-32,34-39,44H2,1-2H3,(H,48,49)/b8-6-,23-20-,25-21-,28-24-,33-29+/t40?,41-/m1/s1. The third kappa shape index (κ3) is 38.0. The van der Waals surface area contributed by atoms with Crippen molar-refractivity contribution in [3.05, 3.63) is 60.8 Å². The first-order chi connectivity index (χ1) is 26.2. The summed E-state index contributed by atoms with van der Waals surface area (Å²) in [5.74, 6) is -0.937. The van der Waals surface area contributed by atoms with Gasteiger partial charge in [0, 0.05) is 19.4 Å². The van der Waals surface area contributed by atoms with Gasteiger partial charge in [0.15, 0.2) is 6.10 Å². The lowest BCUT2D eigenvalue weighted by atomic mass is 10.0. The molecule has 0 rings (SSSR count). The minimum Gasteiger partial charge on any atom is -0.462 e. The molecule has 4 N–H and O–H groups in total. The van der Waals surface area contributed by atoms with Crippen LogP contribution in [0, 0.1) is 0 Å². The van der Waals surface area contributed by atoms with Crippen molar-refractivity contribution in [1.82, 2.24) is 0 Å². The molecule has 11 heteroatoms. The SMILES string of the molecule is CC/C=C\C/C=C\CC(O)/C=C/C=C\C/C=C\CCCC(=O)O[C@H](COC(=O)CCCCCCCCCCCCCCCCC)COP(=O)(O)OCCN. The van der Waals surface area contributed by atoms with E-state index in [2.05, 4.69) is 26.0 Å². The van der Waals surface area contributed by atoms with Crippen LogP contribution in [0.1, 0.15) is 162 Å². The summed E-state index contributed by atoms with van der Waals surface area (Å²) in [6, 6.07) is 0. The zero-order valence-electron chi connectivity index (χ0n) is 33.8. The first-order valence-electron chi connectivity index (χ1n) is 20.9. The smallest absolute Gasteiger partial charge is 0.462 e. The molecule has 3 atom stereocenters. The van der Waals surface area contributed by atoms with Gasteiger partial charge in [0.05, 0.1) is 19.3 Å². The number of rotatable bonds is 38. The van der Waals surface area contributed by atoms with Gasteiger partial charge in [-0.05, 0) is 44.9 Å². The summed E-state index contributed by atoms with van der Waals surface area (Å²) in [6.07, 6.45) is 41.4. The van der Waals surface area contributed by atoms with E-state index >= 15 is 0 Å². The van der Waals surface area contributed by atoms with Crippen LogP contribution in [-0.4, -0.2) is 60.5 Å². The van der Waals surface area contributed by atoms with Crippen LogP contribution in [0.15, 0.2) is 60.8 Å². The highest BCUT2D eigenvalue weighted by atomic mass is 31.2. The number of hydrogen-bond acceptors (Lipinski definition) is 9. The Morgan fingerprint density at radius 3 is 1.87 bits per heavy atom. The van der Waals surface area contributed by atoms with Crippen LogP contribution >= 0.6 is 7.82 Å². The molecular formula is C43H76NO9P. The Balaban J connectivity index is 4.34. The summed E-state index contributed by atoms with van der Waals surface area (Å²) in [5, 5.41) is 10.0. The molecule has 0 fully saturated rings. The Labute approximate surface area is 328 Å². The molecule has 0 aromatic heterocycles. The topological polar surface area (TPSA) is 155 Å². The Bertz CT molecular complexity index is 1090. The number of esters is 2. The van der Waals surface area contributed by atoms with Crippen molar-refractivity contribution in [3.63, 3.8) is 0 Å². The number of ether oxygens (including phenoxy) is 2. The summed E-state index contributed by atoms with van der Waals surface area (Å²) in [7, 11) is -4.41. The molecule has 0 saturated carbocycles. The number of phosphoric acid groups is 1. The molecule has 0 aromatic carbocycles. The Morgan fingerprint density at radius 2 is 1.24 bits per heavy atom. The van der Waals surface area contributed by atoms with Crippen LogP contribution < -0.4 is 5.73 Å². The lowest BCUT2D eigenvalue weighted by molar-refractivity contribution is -0.161. The molecule has 0 aliphatic carbocycles. The van der Waals surface area contributed by atoms with Crippen LogP contribution in [-0.2, 0) is 32.7 Å². The fraction of sp³-hybridized carbons (Fsp3) is 0.721. The maximum absolute atomic E-state index is 12.5. The molecule has 0 aliphatic heterocycles. The van der Waals surface area contributed by atoms with E-state index in [1.54, 1.807) is 6.08 Å². The van der Waals surface area contributed by atoms with E-state index in [-0.39, 0.29) is 32.6 Å². The quantitative estimate of drug-likeness (QED) is 0.0181. The van der Waals surface area contributed by atoms with Gasteiger partial charge < -0.3 is 25.2 Å². The summed E-state index contributed by atoms with van der Waals surface area (Å²) in [6.45, 7) is 3.45. The number of allylic oxidation sites excluding steroid dienone is 8. The molecule has 0 bridgehead atoms. The van der Waals surface area contributed by atoms with Gasteiger partial charge >= 0.3 is 19.8 Å². The predicted octanol–water partition coefficient (Wildman–Crippen LogP) is 10.7. The van der Waals surface area contributed by atoms with E-state index in [1.165, 1.54) is 77.0 Å². The zero-order chi connectivity index (χ0) is 39.8. The summed E-state index contributed by atoms with van der Waals surface area (Å²) in [5.41, 5.74) is 5.33. The fourth-order valence-electron chi connectivity index (χ4n) is 5.40. The van der Waals surface area contributed by atoms with Crippen molar-refractivity contribution >= 4 is 19.8 Å². The number of hydrogen-bond donors (Lipinski definition) is 3. The number of nitrogens with two attached hydrogens (primary N) is 1. The van der Waals surface area contributed by atoms with Crippen molar-refractivity contribution in [2.75, 3.05) is 26.4 Å². The van der Waals surface area contributed by atoms with Gasteiger partial charge in [-0.1, -0.05) is 164 Å². The number of phosphoric ester groups is 1. The highest BCUT2D eigenvalue weighted by molar-refractivity contribution is 7.47. The minimum absolute atomic E-state index is 0.0327. The van der Waals surface area contributed by atoms with Crippen molar-refractivity contribution in [2.24, 2.45) is 5.73 Å². The number of aliphatic hydroxyl groups is 1. The van der Waals surface area contributed by atoms with Crippen LogP contribution in [0.5, 0.6) is 0 Å². The zero-order valence-corrected chi connectivity index (χ0v) is 34.7. The summed E-state index contributed by atoms with van der Waals surface area (Å²) < 4.78 is 32.6. The van der Waals surface area contributed by atoms with Gasteiger partial charge in [-0.2, -0.15) is 0 Å². The molecular weight excluding hydrogens is 705 g/mol. The Morgan fingerprint density at radius 1 is 0.667 bits per heavy atom. The number of aliphatic hydroxyl groups excluding tert-OH is 1. The van der Waals surface area contributed by atoms with Gasteiger partial charge in [0.1, 0.15) is 6.61 Å². The highest BCUT2D eigenvalue weighted by Gasteiger charge is 2.25. The second-order valence-electron chi connectivity index (χ2n) is 13.7. The van der Waals surface area contributed by atoms with Crippen LogP contribution in [0.3, 0.4) is 0 Å². The van der Waals surface area contributed by atoms with Crippen LogP contribution in [0.25, 0.3) is 0 Å². The highest BCUT2D eigenvalue weighted by Crippen LogP contribution is 2.43. The second-order valence-corrected chi connectivity index (χ2v) is 15.1. The molecule has 2 unspecified atom stereocenters. The summed E-state index contributed by atoms with van der Waals surface area (Å²) in [4.78, 5) is 34.8. The van der Waals surface area contributed by atoms with E-state index in [9.17, 15) is 24.2 Å². The maximum Gasteiger partial charge on any atom is 0.472 e. The normalized spacial score (nSPS) is 14.5. The molecule has 0 spiro atoms. The lowest BCUT2D eigenvalue weighted by Crippen LogP contribution is -2.29. The number of carbonyl (C=O) groups excluding carboxylic acids is 2. The van der Waals surface area contributed by atoms with Crippen molar-refractivity contribution in [3.8, 4) is 0 Å². The van der Waals surface area contributed by atoms with Gasteiger partial charge in [-0.15, -0.1) is 0 Å². The van der Waals surface area contributed by atoms with Gasteiger partial charge in [0.25, 0.3) is 0 Å². The molecule has 0 radical (unpaired) electrons. The van der Waals surface area contributed by atoms with Crippen molar-refractivity contribution < 1.29 is 42.7 Å². The van der Waals surface area contributed by atoms with Crippen LogP contribution in [0.2, 0.25) is 0 Å². The second kappa shape index (κ2) is 38.9. The van der Waals surface area contributed by atoms with Crippen LogP contribution in [0.4, 0.5) is 0 Å². The molecule has 0 saturated heterocycles. The predicted molar refractivity (Wildman–Crippen MR) is 221 cm³/mol. The average Bonchev–Trinajstić information content (AvgIpc) is 3.15. The Kier molecular flexibility index (Phi) is 37.2. The van der Waals surface area contributed by atoms with E-state index in [0.717, 1.165) is 32.1 Å². The molecule has 0 heterocycles. The largest absolute Gasteiger partial charge is 0.472 e. The number of carbonyl (C=O) groups is 2. The molecule has 0 aromatic rings. The average molecular weight is 782 g/mol. The molecule has 10 nitrogen and oxygen atoms in total. The maximum atomic E-state index is 12.5. The first kappa shape index (κ1) is 51.7. The fourth-order valence-corrected chi connectivity index (χ4v) is 6.17. The van der Waals surface area contributed by atoms with E-state index in [4.69, 9.17) is 24.3 Å².